The van der Waals surface area contributed by atoms with Gasteiger partial charge in [-0.2, -0.15) is 0 Å². The highest BCUT2D eigenvalue weighted by molar-refractivity contribution is 9.10. The molecule has 1 aromatic carbocycles. The first-order chi connectivity index (χ1) is 10.2. The number of rotatable bonds is 4. The summed E-state index contributed by atoms with van der Waals surface area (Å²) in [5, 5.41) is 0. The molecule has 0 fully saturated rings. The maximum atomic E-state index is 11.6. The molecule has 0 saturated carbocycles. The lowest BCUT2D eigenvalue weighted by atomic mass is 9.88. The molecule has 3 rings (SSSR count). The number of hydrogen-bond donors (Lipinski definition) is 0. The molecule has 3 nitrogen and oxygen atoms in total. The van der Waals surface area contributed by atoms with Gasteiger partial charge in [0, 0.05) is 22.9 Å². The first kappa shape index (κ1) is 14.0. The fourth-order valence-electron chi connectivity index (χ4n) is 2.50. The molecule has 106 valence electrons. The predicted molar refractivity (Wildman–Crippen MR) is 83.6 cm³/mol. The summed E-state index contributed by atoms with van der Waals surface area (Å²) in [6.45, 7) is 0. The Balaban J connectivity index is 1.86. The lowest BCUT2D eigenvalue weighted by Crippen LogP contribution is -2.26. The van der Waals surface area contributed by atoms with E-state index in [0.717, 1.165) is 16.5 Å². The summed E-state index contributed by atoms with van der Waals surface area (Å²) < 4.78 is 6.62. The van der Waals surface area contributed by atoms with Crippen LogP contribution in [0.4, 0.5) is 0 Å². The number of halogens is 1. The number of ether oxygens (including phenoxy) is 1. The van der Waals surface area contributed by atoms with Crippen molar-refractivity contribution in [3.8, 4) is 0 Å². The highest BCUT2D eigenvalue weighted by atomic mass is 79.9. The van der Waals surface area contributed by atoms with E-state index in [1.54, 1.807) is 12.4 Å². The van der Waals surface area contributed by atoms with E-state index >= 15 is 0 Å². The number of pyridine rings is 1. The number of cyclic esters (lactones) is 1. The second kappa shape index (κ2) is 5.82. The lowest BCUT2D eigenvalue weighted by molar-refractivity contribution is -0.146. The third kappa shape index (κ3) is 3.05. The van der Waals surface area contributed by atoms with Crippen LogP contribution in [0.3, 0.4) is 0 Å². The van der Waals surface area contributed by atoms with Crippen LogP contribution in [-0.2, 0) is 21.6 Å². The normalized spacial score (nSPS) is 20.5. The first-order valence-electron chi connectivity index (χ1n) is 6.75. The van der Waals surface area contributed by atoms with Crippen molar-refractivity contribution in [1.82, 2.24) is 4.98 Å². The molecule has 21 heavy (non-hydrogen) atoms. The zero-order valence-corrected chi connectivity index (χ0v) is 12.9. The quantitative estimate of drug-likeness (QED) is 0.793. The molecule has 1 aliphatic heterocycles. The fourth-order valence-corrected chi connectivity index (χ4v) is 2.76. The summed E-state index contributed by atoms with van der Waals surface area (Å²) in [5.41, 5.74) is 1.50. The molecule has 2 aromatic rings. The van der Waals surface area contributed by atoms with Gasteiger partial charge in [-0.05, 0) is 54.3 Å². The number of nitrogens with zero attached hydrogens (tertiary/aromatic N) is 1. The van der Waals surface area contributed by atoms with Gasteiger partial charge in [0.2, 0.25) is 0 Å². The second-order valence-electron chi connectivity index (χ2n) is 5.01. The van der Waals surface area contributed by atoms with Gasteiger partial charge in [-0.1, -0.05) is 28.1 Å². The van der Waals surface area contributed by atoms with Gasteiger partial charge in [0.05, 0.1) is 0 Å². The minimum atomic E-state index is -0.666. The average molecular weight is 344 g/mol. The standard InChI is InChI=1S/C17H14BrNO2/c18-15-3-1-14(2-4-15)17(10-6-16(20)21-17)9-5-13-7-11-19-12-8-13/h1-4,6-8,10-12H,5,9H2. The van der Waals surface area contributed by atoms with Crippen molar-refractivity contribution in [2.75, 3.05) is 0 Å². The predicted octanol–water partition coefficient (Wildman–Crippen LogP) is 3.79. The lowest BCUT2D eigenvalue weighted by Gasteiger charge is -2.27. The smallest absolute Gasteiger partial charge is 0.331 e. The Hall–Kier alpha value is -1.94. The van der Waals surface area contributed by atoms with Crippen LogP contribution in [0.15, 0.2) is 65.4 Å². The summed E-state index contributed by atoms with van der Waals surface area (Å²) in [7, 11) is 0. The van der Waals surface area contributed by atoms with Gasteiger partial charge in [-0.25, -0.2) is 4.79 Å². The zero-order valence-electron chi connectivity index (χ0n) is 11.3. The minimum absolute atomic E-state index is 0.285. The number of carbonyl (C=O) groups is 1. The molecule has 0 aliphatic carbocycles. The molecule has 1 aliphatic rings. The molecule has 0 N–H and O–H groups in total. The van der Waals surface area contributed by atoms with E-state index in [1.165, 1.54) is 11.6 Å². The highest BCUT2D eigenvalue weighted by Crippen LogP contribution is 2.36. The molecule has 0 bridgehead atoms. The number of esters is 1. The van der Waals surface area contributed by atoms with Crippen LogP contribution in [0, 0.1) is 0 Å². The summed E-state index contributed by atoms with van der Waals surface area (Å²) >= 11 is 3.43. The topological polar surface area (TPSA) is 39.2 Å². The average Bonchev–Trinajstić information content (AvgIpc) is 2.90. The van der Waals surface area contributed by atoms with Crippen molar-refractivity contribution < 1.29 is 9.53 Å². The van der Waals surface area contributed by atoms with Crippen molar-refractivity contribution in [2.24, 2.45) is 0 Å². The van der Waals surface area contributed by atoms with Gasteiger partial charge in [0.15, 0.2) is 5.60 Å². The van der Waals surface area contributed by atoms with Gasteiger partial charge in [-0.3, -0.25) is 4.98 Å². The monoisotopic (exact) mass is 343 g/mol. The van der Waals surface area contributed by atoms with Crippen molar-refractivity contribution in [1.29, 1.82) is 0 Å². The van der Waals surface area contributed by atoms with Crippen LogP contribution >= 0.6 is 15.9 Å². The number of benzene rings is 1. The summed E-state index contributed by atoms with van der Waals surface area (Å²) in [6.07, 6.45) is 8.45. The molecule has 1 atom stereocenters. The zero-order chi connectivity index (χ0) is 14.7. The van der Waals surface area contributed by atoms with Crippen molar-refractivity contribution in [2.45, 2.75) is 18.4 Å². The maximum Gasteiger partial charge on any atom is 0.331 e. The van der Waals surface area contributed by atoms with E-state index in [9.17, 15) is 4.79 Å². The molecular weight excluding hydrogens is 330 g/mol. The third-order valence-electron chi connectivity index (χ3n) is 3.64. The number of aryl methyl sites for hydroxylation is 1. The van der Waals surface area contributed by atoms with Crippen LogP contribution in [-0.4, -0.2) is 11.0 Å². The highest BCUT2D eigenvalue weighted by Gasteiger charge is 2.37. The second-order valence-corrected chi connectivity index (χ2v) is 5.92. The molecule has 1 aromatic heterocycles. The van der Waals surface area contributed by atoms with Crippen LogP contribution in [0.5, 0.6) is 0 Å². The molecule has 1 unspecified atom stereocenters. The van der Waals surface area contributed by atoms with Crippen molar-refractivity contribution in [3.63, 3.8) is 0 Å². The number of carbonyl (C=O) groups excluding carboxylic acids is 1. The maximum absolute atomic E-state index is 11.6. The Labute approximate surface area is 131 Å². The van der Waals surface area contributed by atoms with E-state index in [4.69, 9.17) is 4.74 Å². The Morgan fingerprint density at radius 1 is 1.10 bits per heavy atom. The number of aromatic nitrogens is 1. The summed E-state index contributed by atoms with van der Waals surface area (Å²) in [6, 6.07) is 11.9. The molecule has 0 amide bonds. The Bertz CT molecular complexity index is 667. The van der Waals surface area contributed by atoms with Crippen LogP contribution in [0.1, 0.15) is 17.5 Å². The van der Waals surface area contributed by atoms with Gasteiger partial charge in [0.1, 0.15) is 0 Å². The SMILES string of the molecule is O=C1C=CC(CCc2ccncc2)(c2ccc(Br)cc2)O1. The van der Waals surface area contributed by atoms with Crippen molar-refractivity contribution in [3.05, 3.63) is 76.5 Å². The van der Waals surface area contributed by atoms with E-state index in [0.29, 0.717) is 6.42 Å². The minimum Gasteiger partial charge on any atom is -0.447 e. The Kier molecular flexibility index (Phi) is 3.88. The Morgan fingerprint density at radius 3 is 2.43 bits per heavy atom. The van der Waals surface area contributed by atoms with Crippen molar-refractivity contribution >= 4 is 21.9 Å². The molecule has 0 radical (unpaired) electrons. The van der Waals surface area contributed by atoms with E-state index < -0.39 is 5.60 Å². The molecule has 0 saturated heterocycles. The molecular formula is C17H14BrNO2. The van der Waals surface area contributed by atoms with Crippen LogP contribution < -0.4 is 0 Å². The Morgan fingerprint density at radius 2 is 1.81 bits per heavy atom. The van der Waals surface area contributed by atoms with Gasteiger partial charge >= 0.3 is 5.97 Å². The van der Waals surface area contributed by atoms with Crippen LogP contribution in [0.25, 0.3) is 0 Å². The van der Waals surface area contributed by atoms with Gasteiger partial charge in [0.25, 0.3) is 0 Å². The fraction of sp³-hybridized carbons (Fsp3) is 0.176. The summed E-state index contributed by atoms with van der Waals surface area (Å²) in [5.74, 6) is -0.285. The van der Waals surface area contributed by atoms with Crippen LogP contribution in [0.2, 0.25) is 0 Å². The van der Waals surface area contributed by atoms with Gasteiger partial charge in [-0.15, -0.1) is 0 Å². The van der Waals surface area contributed by atoms with Gasteiger partial charge < -0.3 is 4.74 Å². The molecule has 4 heteroatoms. The first-order valence-corrected chi connectivity index (χ1v) is 7.54. The third-order valence-corrected chi connectivity index (χ3v) is 4.17. The largest absolute Gasteiger partial charge is 0.447 e. The van der Waals surface area contributed by atoms with E-state index in [1.807, 2.05) is 42.5 Å². The van der Waals surface area contributed by atoms with E-state index in [-0.39, 0.29) is 5.97 Å². The molecule has 0 spiro atoms. The number of hydrogen-bond acceptors (Lipinski definition) is 3. The molecule has 2 heterocycles. The summed E-state index contributed by atoms with van der Waals surface area (Å²) in [4.78, 5) is 15.6. The van der Waals surface area contributed by atoms with E-state index in [2.05, 4.69) is 20.9 Å².